The van der Waals surface area contributed by atoms with E-state index >= 15 is 0 Å². The third-order valence-electron chi connectivity index (χ3n) is 3.64. The molecule has 1 aromatic rings. The number of benzene rings is 1. The van der Waals surface area contributed by atoms with Gasteiger partial charge in [-0.3, -0.25) is 4.99 Å². The van der Waals surface area contributed by atoms with E-state index in [-0.39, 0.29) is 16.3 Å². The zero-order chi connectivity index (χ0) is 15.6. The summed E-state index contributed by atoms with van der Waals surface area (Å²) in [5.74, 6) is -0.0292. The summed E-state index contributed by atoms with van der Waals surface area (Å²) < 4.78 is 27.1. The second kappa shape index (κ2) is 5.99. The monoisotopic (exact) mass is 308 g/mol. The molecule has 6 heteroatoms. The molecule has 0 amide bonds. The van der Waals surface area contributed by atoms with E-state index in [4.69, 9.17) is 0 Å². The van der Waals surface area contributed by atoms with Gasteiger partial charge in [-0.25, -0.2) is 8.42 Å². The van der Waals surface area contributed by atoms with Gasteiger partial charge in [-0.2, -0.15) is 4.31 Å². The van der Waals surface area contributed by atoms with Crippen LogP contribution in [0.4, 0.5) is 5.69 Å². The second-order valence-corrected chi connectivity index (χ2v) is 6.98. The molecule has 1 aliphatic heterocycles. The number of hydrogen-bond donors (Lipinski definition) is 1. The molecule has 5 nitrogen and oxygen atoms in total. The van der Waals surface area contributed by atoms with Gasteiger partial charge < -0.3 is 5.11 Å². The number of aryl methyl sites for hydroxylation is 1. The Balaban J connectivity index is 2.73. The van der Waals surface area contributed by atoms with E-state index < -0.39 is 10.0 Å². The lowest BCUT2D eigenvalue weighted by Crippen LogP contribution is -2.28. The molecule has 1 aromatic carbocycles. The average Bonchev–Trinajstić information content (AvgIpc) is 2.98. The quantitative estimate of drug-likeness (QED) is 0.870. The van der Waals surface area contributed by atoms with Crippen molar-refractivity contribution in [3.63, 3.8) is 0 Å². The molecular weight excluding hydrogens is 288 g/mol. The number of aliphatic imine (C=N–C) groups is 1. The molecule has 0 aromatic heterocycles. The molecule has 1 N–H and O–H groups in total. The lowest BCUT2D eigenvalue weighted by atomic mass is 10.1. The number of sulfonamides is 1. The maximum Gasteiger partial charge on any atom is 0.243 e. The number of allylic oxidation sites excluding steroid dienone is 1. The van der Waals surface area contributed by atoms with Gasteiger partial charge >= 0.3 is 0 Å². The van der Waals surface area contributed by atoms with Crippen LogP contribution in [0.1, 0.15) is 30.9 Å². The minimum Gasteiger partial charge on any atom is -0.505 e. The minimum absolute atomic E-state index is 0.0292. The summed E-state index contributed by atoms with van der Waals surface area (Å²) in [4.78, 5) is 4.00. The molecule has 21 heavy (non-hydrogen) atoms. The topological polar surface area (TPSA) is 70.0 Å². The van der Waals surface area contributed by atoms with Gasteiger partial charge in [-0.05, 0) is 45.0 Å². The van der Waals surface area contributed by atoms with Crippen LogP contribution in [0, 0.1) is 6.92 Å². The van der Waals surface area contributed by atoms with Crippen LogP contribution in [-0.4, -0.2) is 37.6 Å². The summed E-state index contributed by atoms with van der Waals surface area (Å²) in [6, 6.07) is 1.51. The highest BCUT2D eigenvalue weighted by molar-refractivity contribution is 7.89. The van der Waals surface area contributed by atoms with Crippen molar-refractivity contribution in [1.82, 2.24) is 4.31 Å². The molecule has 1 saturated heterocycles. The molecule has 1 heterocycles. The van der Waals surface area contributed by atoms with E-state index in [1.807, 2.05) is 0 Å². The van der Waals surface area contributed by atoms with E-state index in [0.717, 1.165) is 12.8 Å². The zero-order valence-corrected chi connectivity index (χ0v) is 13.2. The van der Waals surface area contributed by atoms with Gasteiger partial charge in [0.25, 0.3) is 0 Å². The minimum atomic E-state index is -3.58. The lowest BCUT2D eigenvalue weighted by Gasteiger charge is -2.19. The molecule has 1 aliphatic rings. The Hall–Kier alpha value is -1.66. The third kappa shape index (κ3) is 2.73. The number of hydrogen-bond acceptors (Lipinski definition) is 4. The number of phenolic OH excluding ortho intramolecular Hbond substituents is 1. The normalized spacial score (nSPS) is 16.7. The van der Waals surface area contributed by atoms with Gasteiger partial charge in [0, 0.05) is 18.7 Å². The standard InChI is InChI=1S/C15H20N2O3S/c1-4-7-12-13(10-11(2)15(18)14(12)16-3)21(19,20)17-8-5-6-9-17/h4,7,10,18H,3,5-6,8-9H2,1-2H3/b7-4-. The highest BCUT2D eigenvalue weighted by Gasteiger charge is 2.31. The summed E-state index contributed by atoms with van der Waals surface area (Å²) >= 11 is 0. The van der Waals surface area contributed by atoms with Crippen molar-refractivity contribution < 1.29 is 13.5 Å². The predicted molar refractivity (Wildman–Crippen MR) is 84.8 cm³/mol. The van der Waals surface area contributed by atoms with Gasteiger partial charge in [0.05, 0.1) is 4.90 Å². The van der Waals surface area contributed by atoms with Crippen LogP contribution in [-0.2, 0) is 10.0 Å². The molecule has 0 unspecified atom stereocenters. The summed E-state index contributed by atoms with van der Waals surface area (Å²) in [6.07, 6.45) is 5.12. The summed E-state index contributed by atoms with van der Waals surface area (Å²) in [5.41, 5.74) is 1.08. The maximum absolute atomic E-state index is 12.8. The van der Waals surface area contributed by atoms with Crippen molar-refractivity contribution in [3.8, 4) is 5.75 Å². The number of phenols is 1. The molecule has 0 radical (unpaired) electrons. The van der Waals surface area contributed by atoms with E-state index in [1.54, 1.807) is 26.0 Å². The van der Waals surface area contributed by atoms with Crippen LogP contribution < -0.4 is 0 Å². The Labute approximate surface area is 125 Å². The van der Waals surface area contributed by atoms with Crippen molar-refractivity contribution in [2.24, 2.45) is 4.99 Å². The van der Waals surface area contributed by atoms with Gasteiger partial charge in [0.1, 0.15) is 11.4 Å². The van der Waals surface area contributed by atoms with Crippen LogP contribution in [0.5, 0.6) is 5.75 Å². The Morgan fingerprint density at radius 1 is 1.38 bits per heavy atom. The van der Waals surface area contributed by atoms with E-state index in [9.17, 15) is 13.5 Å². The average molecular weight is 308 g/mol. The van der Waals surface area contributed by atoms with E-state index in [0.29, 0.717) is 24.2 Å². The largest absolute Gasteiger partial charge is 0.505 e. The summed E-state index contributed by atoms with van der Waals surface area (Å²) in [5, 5.41) is 10.1. The van der Waals surface area contributed by atoms with E-state index in [1.165, 1.54) is 10.4 Å². The SMILES string of the molecule is C=Nc1c(O)c(C)cc(S(=O)(=O)N2CCCC2)c1/C=C\C. The fourth-order valence-electron chi connectivity index (χ4n) is 2.54. The van der Waals surface area contributed by atoms with Crippen molar-refractivity contribution in [3.05, 3.63) is 23.3 Å². The second-order valence-electron chi connectivity index (χ2n) is 5.07. The Kier molecular flexibility index (Phi) is 4.49. The Bertz CT molecular complexity index is 687. The molecular formula is C15H20N2O3S. The molecule has 114 valence electrons. The first-order valence-electron chi connectivity index (χ1n) is 6.89. The summed E-state index contributed by atoms with van der Waals surface area (Å²) in [6.45, 7) is 7.96. The first kappa shape index (κ1) is 15.7. The van der Waals surface area contributed by atoms with Crippen molar-refractivity contribution in [2.45, 2.75) is 31.6 Å². The fourth-order valence-corrected chi connectivity index (χ4v) is 4.33. The van der Waals surface area contributed by atoms with Crippen LogP contribution >= 0.6 is 0 Å². The van der Waals surface area contributed by atoms with Gasteiger partial charge in [0.15, 0.2) is 0 Å². The smallest absolute Gasteiger partial charge is 0.243 e. The fraction of sp³-hybridized carbons (Fsp3) is 0.400. The zero-order valence-electron chi connectivity index (χ0n) is 12.3. The molecule has 0 atom stereocenters. The van der Waals surface area contributed by atoms with Crippen molar-refractivity contribution in [2.75, 3.05) is 13.1 Å². The molecule has 1 fully saturated rings. The molecule has 0 spiro atoms. The number of rotatable bonds is 4. The Morgan fingerprint density at radius 3 is 2.52 bits per heavy atom. The first-order chi connectivity index (χ1) is 9.93. The van der Waals surface area contributed by atoms with Gasteiger partial charge in [-0.15, -0.1) is 0 Å². The third-order valence-corrected chi connectivity index (χ3v) is 5.58. The van der Waals surface area contributed by atoms with Gasteiger partial charge in [-0.1, -0.05) is 12.2 Å². The highest BCUT2D eigenvalue weighted by atomic mass is 32.2. The lowest BCUT2D eigenvalue weighted by molar-refractivity contribution is 0.469. The van der Waals surface area contributed by atoms with Crippen molar-refractivity contribution >= 4 is 28.5 Å². The van der Waals surface area contributed by atoms with Crippen LogP contribution in [0.3, 0.4) is 0 Å². The van der Waals surface area contributed by atoms with Crippen LogP contribution in [0.15, 0.2) is 22.0 Å². The van der Waals surface area contributed by atoms with Crippen LogP contribution in [0.25, 0.3) is 6.08 Å². The Morgan fingerprint density at radius 2 is 2.00 bits per heavy atom. The first-order valence-corrected chi connectivity index (χ1v) is 8.33. The van der Waals surface area contributed by atoms with Crippen molar-refractivity contribution in [1.29, 1.82) is 0 Å². The highest BCUT2D eigenvalue weighted by Crippen LogP contribution is 2.40. The molecule has 2 rings (SSSR count). The molecule has 0 saturated carbocycles. The summed E-state index contributed by atoms with van der Waals surface area (Å²) in [7, 11) is -3.58. The molecule has 0 aliphatic carbocycles. The number of aromatic hydroxyl groups is 1. The maximum atomic E-state index is 12.8. The predicted octanol–water partition coefficient (Wildman–Crippen LogP) is 2.85. The number of nitrogens with zero attached hydrogens (tertiary/aromatic N) is 2. The van der Waals surface area contributed by atoms with Gasteiger partial charge in [0.2, 0.25) is 10.0 Å². The molecule has 0 bridgehead atoms. The van der Waals surface area contributed by atoms with E-state index in [2.05, 4.69) is 11.7 Å². The van der Waals surface area contributed by atoms with Crippen LogP contribution in [0.2, 0.25) is 0 Å².